The van der Waals surface area contributed by atoms with Gasteiger partial charge in [0, 0.05) is 19.2 Å². The van der Waals surface area contributed by atoms with E-state index in [0.717, 1.165) is 11.1 Å². The predicted octanol–water partition coefficient (Wildman–Crippen LogP) is 3.56. The molecule has 0 saturated heterocycles. The van der Waals surface area contributed by atoms with Crippen molar-refractivity contribution in [2.24, 2.45) is 0 Å². The highest BCUT2D eigenvalue weighted by molar-refractivity contribution is 5.94. The number of amides is 1. The Hall–Kier alpha value is -2.53. The Bertz CT molecular complexity index is 700. The van der Waals surface area contributed by atoms with E-state index in [4.69, 9.17) is 14.2 Å². The molecule has 0 radical (unpaired) electrons. The monoisotopic (exact) mass is 343 g/mol. The highest BCUT2D eigenvalue weighted by Crippen LogP contribution is 2.28. The number of benzene rings is 2. The first-order chi connectivity index (χ1) is 12.2. The van der Waals surface area contributed by atoms with Crippen LogP contribution in [-0.4, -0.2) is 26.2 Å². The quantitative estimate of drug-likeness (QED) is 0.756. The van der Waals surface area contributed by atoms with Gasteiger partial charge in [-0.1, -0.05) is 24.3 Å². The third-order valence-corrected chi connectivity index (χ3v) is 3.66. The van der Waals surface area contributed by atoms with Crippen LogP contribution in [0, 0.1) is 0 Å². The summed E-state index contributed by atoms with van der Waals surface area (Å²) in [4.78, 5) is 12.5. The SMILES string of the molecule is CCOc1ccc(C(=O)NCc2ccccc2COC)cc1OCC. The lowest BCUT2D eigenvalue weighted by Gasteiger charge is -2.13. The van der Waals surface area contributed by atoms with Crippen LogP contribution < -0.4 is 14.8 Å². The normalized spacial score (nSPS) is 10.4. The molecule has 0 unspecified atom stereocenters. The number of ether oxygens (including phenoxy) is 3. The van der Waals surface area contributed by atoms with Crippen molar-refractivity contribution in [3.63, 3.8) is 0 Å². The van der Waals surface area contributed by atoms with E-state index in [9.17, 15) is 4.79 Å². The number of hydrogen-bond donors (Lipinski definition) is 1. The first-order valence-corrected chi connectivity index (χ1v) is 8.43. The first-order valence-electron chi connectivity index (χ1n) is 8.43. The molecule has 0 atom stereocenters. The summed E-state index contributed by atoms with van der Waals surface area (Å²) < 4.78 is 16.3. The maximum absolute atomic E-state index is 12.5. The number of nitrogens with one attached hydrogen (secondary N) is 1. The van der Waals surface area contributed by atoms with Crippen molar-refractivity contribution < 1.29 is 19.0 Å². The van der Waals surface area contributed by atoms with Gasteiger partial charge in [-0.3, -0.25) is 4.79 Å². The molecular weight excluding hydrogens is 318 g/mol. The van der Waals surface area contributed by atoms with Crippen molar-refractivity contribution >= 4 is 5.91 Å². The minimum absolute atomic E-state index is 0.156. The Kier molecular flexibility index (Phi) is 7.29. The van der Waals surface area contributed by atoms with Crippen LogP contribution in [0.3, 0.4) is 0 Å². The van der Waals surface area contributed by atoms with Gasteiger partial charge in [-0.25, -0.2) is 0 Å². The molecule has 0 bridgehead atoms. The zero-order valence-corrected chi connectivity index (χ0v) is 15.0. The molecule has 5 nitrogen and oxygen atoms in total. The van der Waals surface area contributed by atoms with Crippen molar-refractivity contribution in [1.29, 1.82) is 0 Å². The van der Waals surface area contributed by atoms with Gasteiger partial charge in [-0.2, -0.15) is 0 Å². The Labute approximate surface area is 148 Å². The molecule has 0 fully saturated rings. The fourth-order valence-corrected chi connectivity index (χ4v) is 2.50. The van der Waals surface area contributed by atoms with Crippen LogP contribution in [-0.2, 0) is 17.9 Å². The van der Waals surface area contributed by atoms with Gasteiger partial charge in [0.25, 0.3) is 5.91 Å². The summed E-state index contributed by atoms with van der Waals surface area (Å²) in [7, 11) is 1.66. The van der Waals surface area contributed by atoms with E-state index in [1.54, 1.807) is 25.3 Å². The Morgan fingerprint density at radius 3 is 2.32 bits per heavy atom. The molecule has 0 spiro atoms. The van der Waals surface area contributed by atoms with E-state index in [1.165, 1.54) is 0 Å². The molecule has 2 aromatic carbocycles. The van der Waals surface area contributed by atoms with E-state index >= 15 is 0 Å². The maximum Gasteiger partial charge on any atom is 0.251 e. The topological polar surface area (TPSA) is 56.8 Å². The summed E-state index contributed by atoms with van der Waals surface area (Å²) in [5.74, 6) is 1.07. The minimum Gasteiger partial charge on any atom is -0.490 e. The van der Waals surface area contributed by atoms with Crippen molar-refractivity contribution in [3.8, 4) is 11.5 Å². The molecule has 0 aliphatic heterocycles. The van der Waals surface area contributed by atoms with Crippen molar-refractivity contribution in [1.82, 2.24) is 5.32 Å². The van der Waals surface area contributed by atoms with E-state index in [2.05, 4.69) is 5.32 Å². The Morgan fingerprint density at radius 1 is 0.960 bits per heavy atom. The van der Waals surface area contributed by atoms with Crippen LogP contribution in [0.1, 0.15) is 35.3 Å². The number of hydrogen-bond acceptors (Lipinski definition) is 4. The number of carbonyl (C=O) groups is 1. The molecule has 2 aromatic rings. The minimum atomic E-state index is -0.156. The summed E-state index contributed by atoms with van der Waals surface area (Å²) in [6, 6.07) is 13.1. The number of rotatable bonds is 9. The molecule has 0 aliphatic carbocycles. The molecule has 0 aromatic heterocycles. The van der Waals surface area contributed by atoms with Gasteiger partial charge in [0.05, 0.1) is 19.8 Å². The summed E-state index contributed by atoms with van der Waals surface area (Å²) in [5, 5.41) is 2.94. The third-order valence-electron chi connectivity index (χ3n) is 3.66. The average molecular weight is 343 g/mol. The molecule has 1 N–H and O–H groups in total. The summed E-state index contributed by atoms with van der Waals surface area (Å²) in [6.07, 6.45) is 0. The first kappa shape index (κ1) is 18.8. The zero-order valence-electron chi connectivity index (χ0n) is 15.0. The van der Waals surface area contributed by atoms with Gasteiger partial charge in [-0.05, 0) is 43.2 Å². The Morgan fingerprint density at radius 2 is 1.64 bits per heavy atom. The lowest BCUT2D eigenvalue weighted by atomic mass is 10.1. The van der Waals surface area contributed by atoms with E-state index in [0.29, 0.717) is 43.4 Å². The molecular formula is C20H25NO4. The molecule has 25 heavy (non-hydrogen) atoms. The van der Waals surface area contributed by atoms with Gasteiger partial charge < -0.3 is 19.5 Å². The number of methoxy groups -OCH3 is 1. The highest BCUT2D eigenvalue weighted by atomic mass is 16.5. The van der Waals surface area contributed by atoms with Crippen LogP contribution >= 0.6 is 0 Å². The lowest BCUT2D eigenvalue weighted by Crippen LogP contribution is -2.23. The van der Waals surface area contributed by atoms with Crippen LogP contribution in [0.4, 0.5) is 0 Å². The molecule has 0 aliphatic rings. The Balaban J connectivity index is 2.09. The maximum atomic E-state index is 12.5. The lowest BCUT2D eigenvalue weighted by molar-refractivity contribution is 0.0950. The van der Waals surface area contributed by atoms with Crippen molar-refractivity contribution in [2.75, 3.05) is 20.3 Å². The second-order valence-corrected chi connectivity index (χ2v) is 5.41. The largest absolute Gasteiger partial charge is 0.490 e. The van der Waals surface area contributed by atoms with Crippen LogP contribution in [0.5, 0.6) is 11.5 Å². The molecule has 134 valence electrons. The zero-order chi connectivity index (χ0) is 18.1. The van der Waals surface area contributed by atoms with Gasteiger partial charge in [0.15, 0.2) is 11.5 Å². The van der Waals surface area contributed by atoms with Gasteiger partial charge in [-0.15, -0.1) is 0 Å². The van der Waals surface area contributed by atoms with Crippen LogP contribution in [0.2, 0.25) is 0 Å². The van der Waals surface area contributed by atoms with Crippen molar-refractivity contribution in [3.05, 3.63) is 59.2 Å². The van der Waals surface area contributed by atoms with E-state index in [1.807, 2.05) is 38.1 Å². The summed E-state index contributed by atoms with van der Waals surface area (Å²) in [6.45, 7) is 5.82. The van der Waals surface area contributed by atoms with Gasteiger partial charge in [0.1, 0.15) is 0 Å². The highest BCUT2D eigenvalue weighted by Gasteiger charge is 2.12. The van der Waals surface area contributed by atoms with Gasteiger partial charge in [0.2, 0.25) is 0 Å². The van der Waals surface area contributed by atoms with Crippen molar-refractivity contribution in [2.45, 2.75) is 27.0 Å². The second kappa shape index (κ2) is 9.69. The predicted molar refractivity (Wildman–Crippen MR) is 97.1 cm³/mol. The molecule has 0 heterocycles. The summed E-state index contributed by atoms with van der Waals surface area (Å²) in [5.41, 5.74) is 2.64. The average Bonchev–Trinajstić information content (AvgIpc) is 2.63. The fourth-order valence-electron chi connectivity index (χ4n) is 2.50. The summed E-state index contributed by atoms with van der Waals surface area (Å²) >= 11 is 0. The fraction of sp³-hybridized carbons (Fsp3) is 0.350. The van der Waals surface area contributed by atoms with E-state index < -0.39 is 0 Å². The smallest absolute Gasteiger partial charge is 0.251 e. The van der Waals surface area contributed by atoms with Crippen LogP contribution in [0.15, 0.2) is 42.5 Å². The standard InChI is InChI=1S/C20H25NO4/c1-4-24-18-11-10-15(12-19(18)25-5-2)20(22)21-13-16-8-6-7-9-17(16)14-23-3/h6-12H,4-5,13-14H2,1-3H3,(H,21,22). The molecule has 5 heteroatoms. The van der Waals surface area contributed by atoms with Crippen LogP contribution in [0.25, 0.3) is 0 Å². The molecule has 0 saturated carbocycles. The van der Waals surface area contributed by atoms with E-state index in [-0.39, 0.29) is 5.91 Å². The molecule has 2 rings (SSSR count). The number of carbonyl (C=O) groups excluding carboxylic acids is 1. The molecule has 1 amide bonds. The third kappa shape index (κ3) is 5.22. The van der Waals surface area contributed by atoms with Gasteiger partial charge >= 0.3 is 0 Å². The second-order valence-electron chi connectivity index (χ2n) is 5.41.